The number of ether oxygens (including phenoxy) is 2. The molecule has 3 rings (SSSR count). The highest BCUT2D eigenvalue weighted by Crippen LogP contribution is 2.32. The summed E-state index contributed by atoms with van der Waals surface area (Å²) in [6.45, 7) is 2.49. The lowest BCUT2D eigenvalue weighted by Crippen LogP contribution is -2.96. The van der Waals surface area contributed by atoms with E-state index in [1.54, 1.807) is 18.2 Å². The number of quaternary nitrogens is 1. The summed E-state index contributed by atoms with van der Waals surface area (Å²) in [5.41, 5.74) is 0.639. The average Bonchev–Trinajstić information content (AvgIpc) is 2.49. The Morgan fingerprint density at radius 1 is 1.33 bits per heavy atom. The van der Waals surface area contributed by atoms with Gasteiger partial charge in [-0.15, -0.1) is 0 Å². The van der Waals surface area contributed by atoms with Crippen LogP contribution in [0.5, 0.6) is 11.5 Å². The summed E-state index contributed by atoms with van der Waals surface area (Å²) in [5, 5.41) is 7.43. The van der Waals surface area contributed by atoms with Crippen molar-refractivity contribution in [3.8, 4) is 11.5 Å². The van der Waals surface area contributed by atoms with Gasteiger partial charge in [0.1, 0.15) is 13.2 Å². The van der Waals surface area contributed by atoms with Crippen LogP contribution in [0.3, 0.4) is 0 Å². The topological polar surface area (TPSA) is 93.3 Å². The van der Waals surface area contributed by atoms with Gasteiger partial charge in [0.2, 0.25) is 5.91 Å². The molecule has 0 spiro atoms. The molecule has 7 heteroatoms. The molecule has 2 amide bonds. The fourth-order valence-corrected chi connectivity index (χ4v) is 2.43. The third kappa shape index (κ3) is 3.25. The van der Waals surface area contributed by atoms with Crippen molar-refractivity contribution in [2.75, 3.05) is 31.6 Å². The maximum atomic E-state index is 12.0. The minimum absolute atomic E-state index is 0.0847. The zero-order valence-electron chi connectivity index (χ0n) is 11.6. The summed E-state index contributed by atoms with van der Waals surface area (Å²) in [7, 11) is 0. The predicted molar refractivity (Wildman–Crippen MR) is 74.3 cm³/mol. The number of carbonyl (C=O) groups is 2. The van der Waals surface area contributed by atoms with E-state index in [4.69, 9.17) is 9.47 Å². The Balaban J connectivity index is 1.60. The Morgan fingerprint density at radius 2 is 2.14 bits per heavy atom. The molecule has 0 bridgehead atoms. The molecule has 0 radical (unpaired) electrons. The van der Waals surface area contributed by atoms with Crippen LogP contribution in [-0.4, -0.2) is 44.2 Å². The van der Waals surface area contributed by atoms with Crippen LogP contribution in [0, 0.1) is 0 Å². The van der Waals surface area contributed by atoms with Gasteiger partial charge in [0, 0.05) is 11.8 Å². The number of carbonyl (C=O) groups excluding carboxylic acids is 2. The van der Waals surface area contributed by atoms with E-state index < -0.39 is 0 Å². The van der Waals surface area contributed by atoms with Crippen LogP contribution < -0.4 is 25.4 Å². The SMILES string of the molecule is O=C(C[C@H]1[NH2+]CCNC1=O)Nc1ccc2c(c1)OCCO2. The van der Waals surface area contributed by atoms with E-state index in [2.05, 4.69) is 10.6 Å². The standard InChI is InChI=1S/C14H17N3O4/c18-13(8-10-14(19)16-4-3-15-10)17-9-1-2-11-12(7-9)21-6-5-20-11/h1-2,7,10,15H,3-6,8H2,(H,16,19)(H,17,18)/p+1/t10-/m1/s1. The number of hydrogen-bond donors (Lipinski definition) is 3. The zero-order valence-corrected chi connectivity index (χ0v) is 11.6. The molecule has 1 aromatic carbocycles. The van der Waals surface area contributed by atoms with Crippen molar-refractivity contribution in [3.63, 3.8) is 0 Å². The van der Waals surface area contributed by atoms with Gasteiger partial charge in [-0.25, -0.2) is 0 Å². The predicted octanol–water partition coefficient (Wildman–Crippen LogP) is -1.15. The van der Waals surface area contributed by atoms with Gasteiger partial charge in [-0.2, -0.15) is 0 Å². The summed E-state index contributed by atoms with van der Waals surface area (Å²) in [6, 6.07) is 4.91. The first-order valence-electron chi connectivity index (χ1n) is 7.03. The monoisotopic (exact) mass is 292 g/mol. The Labute approximate surface area is 122 Å². The Bertz CT molecular complexity index is 561. The van der Waals surface area contributed by atoms with Crippen molar-refractivity contribution in [2.45, 2.75) is 12.5 Å². The minimum atomic E-state index is -0.351. The molecule has 1 fully saturated rings. The number of nitrogens with two attached hydrogens (primary N) is 1. The van der Waals surface area contributed by atoms with Gasteiger partial charge >= 0.3 is 0 Å². The van der Waals surface area contributed by atoms with E-state index in [0.29, 0.717) is 36.9 Å². The Kier molecular flexibility index (Phi) is 3.92. The molecular weight excluding hydrogens is 274 g/mol. The number of piperazine rings is 1. The van der Waals surface area contributed by atoms with E-state index in [-0.39, 0.29) is 24.3 Å². The van der Waals surface area contributed by atoms with Gasteiger partial charge in [0.25, 0.3) is 5.91 Å². The molecule has 1 saturated heterocycles. The molecule has 1 atom stereocenters. The van der Waals surface area contributed by atoms with E-state index in [1.165, 1.54) is 0 Å². The van der Waals surface area contributed by atoms with Gasteiger partial charge < -0.3 is 25.4 Å². The van der Waals surface area contributed by atoms with Crippen LogP contribution in [0.25, 0.3) is 0 Å². The first-order chi connectivity index (χ1) is 10.2. The third-order valence-electron chi connectivity index (χ3n) is 3.46. The van der Waals surface area contributed by atoms with E-state index in [1.807, 2.05) is 5.32 Å². The van der Waals surface area contributed by atoms with Gasteiger partial charge in [-0.1, -0.05) is 0 Å². The lowest BCUT2D eigenvalue weighted by atomic mass is 10.1. The number of amides is 2. The molecule has 7 nitrogen and oxygen atoms in total. The molecule has 0 aliphatic carbocycles. The average molecular weight is 292 g/mol. The maximum absolute atomic E-state index is 12.0. The molecule has 0 unspecified atom stereocenters. The summed E-state index contributed by atoms with van der Waals surface area (Å²) < 4.78 is 10.9. The summed E-state index contributed by atoms with van der Waals surface area (Å²) in [4.78, 5) is 23.6. The van der Waals surface area contributed by atoms with Gasteiger partial charge in [0.05, 0.1) is 19.5 Å². The summed E-state index contributed by atoms with van der Waals surface area (Å²) in [6.07, 6.45) is 0.153. The molecule has 0 saturated carbocycles. The van der Waals surface area contributed by atoms with Crippen molar-refractivity contribution in [1.82, 2.24) is 5.32 Å². The Morgan fingerprint density at radius 3 is 2.95 bits per heavy atom. The van der Waals surface area contributed by atoms with Crippen molar-refractivity contribution in [3.05, 3.63) is 18.2 Å². The minimum Gasteiger partial charge on any atom is -0.486 e. The second kappa shape index (κ2) is 6.01. The molecule has 21 heavy (non-hydrogen) atoms. The summed E-state index contributed by atoms with van der Waals surface area (Å²) >= 11 is 0. The molecule has 112 valence electrons. The molecule has 2 aliphatic rings. The van der Waals surface area contributed by atoms with Crippen molar-refractivity contribution in [1.29, 1.82) is 0 Å². The van der Waals surface area contributed by atoms with E-state index >= 15 is 0 Å². The molecule has 4 N–H and O–H groups in total. The lowest BCUT2D eigenvalue weighted by molar-refractivity contribution is -0.678. The number of nitrogens with one attached hydrogen (secondary N) is 2. The van der Waals surface area contributed by atoms with Crippen molar-refractivity contribution < 1.29 is 24.4 Å². The fourth-order valence-electron chi connectivity index (χ4n) is 2.43. The van der Waals surface area contributed by atoms with E-state index in [9.17, 15) is 9.59 Å². The van der Waals surface area contributed by atoms with Crippen LogP contribution in [0.15, 0.2) is 18.2 Å². The highest BCUT2D eigenvalue weighted by Gasteiger charge is 2.28. The highest BCUT2D eigenvalue weighted by atomic mass is 16.6. The lowest BCUT2D eigenvalue weighted by Gasteiger charge is -2.20. The highest BCUT2D eigenvalue weighted by molar-refractivity contribution is 5.95. The Hall–Kier alpha value is -2.28. The molecule has 2 heterocycles. The molecule has 1 aromatic rings. The molecule has 0 aromatic heterocycles. The number of benzene rings is 1. The van der Waals surface area contributed by atoms with E-state index in [0.717, 1.165) is 6.54 Å². The maximum Gasteiger partial charge on any atom is 0.278 e. The second-order valence-electron chi connectivity index (χ2n) is 5.03. The molecule has 2 aliphatic heterocycles. The van der Waals surface area contributed by atoms with Crippen molar-refractivity contribution >= 4 is 17.5 Å². The van der Waals surface area contributed by atoms with Gasteiger partial charge in [-0.05, 0) is 12.1 Å². The second-order valence-corrected chi connectivity index (χ2v) is 5.03. The van der Waals surface area contributed by atoms with Crippen LogP contribution in [0.2, 0.25) is 0 Å². The molecular formula is C14H18N3O4+. The van der Waals surface area contributed by atoms with Crippen LogP contribution in [0.4, 0.5) is 5.69 Å². The van der Waals surface area contributed by atoms with Gasteiger partial charge in [-0.3, -0.25) is 9.59 Å². The first-order valence-corrected chi connectivity index (χ1v) is 7.03. The van der Waals surface area contributed by atoms with Crippen LogP contribution in [-0.2, 0) is 9.59 Å². The quantitative estimate of drug-likeness (QED) is 0.656. The van der Waals surface area contributed by atoms with Crippen LogP contribution in [0.1, 0.15) is 6.42 Å². The number of hydrogen-bond acceptors (Lipinski definition) is 4. The largest absolute Gasteiger partial charge is 0.486 e. The number of anilines is 1. The fraction of sp³-hybridized carbons (Fsp3) is 0.429. The number of rotatable bonds is 3. The van der Waals surface area contributed by atoms with Crippen LogP contribution >= 0.6 is 0 Å². The van der Waals surface area contributed by atoms with Crippen molar-refractivity contribution in [2.24, 2.45) is 0 Å². The summed E-state index contributed by atoms with van der Waals surface area (Å²) in [5.74, 6) is 1.03. The van der Waals surface area contributed by atoms with Gasteiger partial charge in [0.15, 0.2) is 17.5 Å². The first kappa shape index (κ1) is 13.7. The smallest absolute Gasteiger partial charge is 0.278 e. The zero-order chi connectivity index (χ0) is 14.7. The third-order valence-corrected chi connectivity index (χ3v) is 3.46. The normalized spacial score (nSPS) is 20.6. The number of fused-ring (bicyclic) bond motifs is 1.